The van der Waals surface area contributed by atoms with Crippen LogP contribution in [0.2, 0.25) is 5.02 Å². The van der Waals surface area contributed by atoms with Gasteiger partial charge in [0.25, 0.3) is 0 Å². The third kappa shape index (κ3) is 2.27. The molecule has 2 atom stereocenters. The highest BCUT2D eigenvalue weighted by atomic mass is 35.5. The second-order valence-corrected chi connectivity index (χ2v) is 4.17. The Morgan fingerprint density at radius 1 is 1.29 bits per heavy atom. The maximum Gasteiger partial charge on any atom is 0.0570 e. The third-order valence-electron chi connectivity index (χ3n) is 2.65. The summed E-state index contributed by atoms with van der Waals surface area (Å²) in [5.41, 5.74) is 1.20. The summed E-state index contributed by atoms with van der Waals surface area (Å²) >= 11 is 5.81. The van der Waals surface area contributed by atoms with Gasteiger partial charge in [0.05, 0.1) is 6.10 Å². The lowest BCUT2D eigenvalue weighted by molar-refractivity contribution is 0.117. The highest BCUT2D eigenvalue weighted by Crippen LogP contribution is 2.24. The van der Waals surface area contributed by atoms with Crippen LogP contribution in [0.4, 0.5) is 0 Å². The topological polar surface area (TPSA) is 32.3 Å². The van der Waals surface area contributed by atoms with E-state index in [9.17, 15) is 5.11 Å². The minimum absolute atomic E-state index is 0.170. The highest BCUT2D eigenvalue weighted by molar-refractivity contribution is 6.30. The molecule has 1 aliphatic heterocycles. The first-order chi connectivity index (χ1) is 6.75. The van der Waals surface area contributed by atoms with Gasteiger partial charge in [-0.1, -0.05) is 23.7 Å². The van der Waals surface area contributed by atoms with Crippen LogP contribution < -0.4 is 5.32 Å². The van der Waals surface area contributed by atoms with Gasteiger partial charge < -0.3 is 10.4 Å². The van der Waals surface area contributed by atoms with Gasteiger partial charge in [0, 0.05) is 11.1 Å². The summed E-state index contributed by atoms with van der Waals surface area (Å²) in [6.45, 7) is 0.883. The fourth-order valence-corrected chi connectivity index (χ4v) is 1.97. The summed E-state index contributed by atoms with van der Waals surface area (Å²) < 4.78 is 0. The zero-order valence-corrected chi connectivity index (χ0v) is 8.67. The molecule has 0 radical (unpaired) electrons. The lowest BCUT2D eigenvalue weighted by Crippen LogP contribution is -2.34. The van der Waals surface area contributed by atoms with Gasteiger partial charge in [0.15, 0.2) is 0 Å². The number of aliphatic hydroxyl groups is 1. The maximum absolute atomic E-state index is 9.53. The van der Waals surface area contributed by atoms with Crippen LogP contribution >= 0.6 is 11.6 Å². The summed E-state index contributed by atoms with van der Waals surface area (Å²) in [6.07, 6.45) is 1.48. The van der Waals surface area contributed by atoms with E-state index in [0.29, 0.717) is 0 Å². The molecule has 2 nitrogen and oxygen atoms in total. The molecular formula is C11H14ClNO. The van der Waals surface area contributed by atoms with Crippen LogP contribution in [0.15, 0.2) is 24.3 Å². The predicted octanol–water partition coefficient (Wildman–Crippen LogP) is 2.13. The molecule has 0 saturated carbocycles. The Bertz CT molecular complexity index is 299. The fraction of sp³-hybridized carbons (Fsp3) is 0.455. The van der Waals surface area contributed by atoms with E-state index >= 15 is 0 Å². The first-order valence-electron chi connectivity index (χ1n) is 4.92. The molecule has 0 aromatic heterocycles. The molecule has 76 valence electrons. The number of aliphatic hydroxyl groups excluding tert-OH is 1. The van der Waals surface area contributed by atoms with Gasteiger partial charge in [-0.3, -0.25) is 0 Å². The largest absolute Gasteiger partial charge is 0.393 e. The summed E-state index contributed by atoms with van der Waals surface area (Å²) in [7, 11) is 0. The van der Waals surface area contributed by atoms with Gasteiger partial charge in [-0.15, -0.1) is 0 Å². The van der Waals surface area contributed by atoms with E-state index in [2.05, 4.69) is 5.32 Å². The number of piperidine rings is 1. The monoisotopic (exact) mass is 211 g/mol. The van der Waals surface area contributed by atoms with Gasteiger partial charge in [0.1, 0.15) is 0 Å². The molecule has 1 fully saturated rings. The van der Waals surface area contributed by atoms with Crippen LogP contribution in [0.1, 0.15) is 24.4 Å². The molecule has 2 unspecified atom stereocenters. The Morgan fingerprint density at radius 2 is 2.00 bits per heavy atom. The van der Waals surface area contributed by atoms with Crippen LogP contribution in [0.25, 0.3) is 0 Å². The summed E-state index contributed by atoms with van der Waals surface area (Å²) in [6, 6.07) is 8.07. The minimum Gasteiger partial charge on any atom is -0.393 e. The molecule has 1 heterocycles. The van der Waals surface area contributed by atoms with Gasteiger partial charge >= 0.3 is 0 Å². The molecule has 0 amide bonds. The highest BCUT2D eigenvalue weighted by Gasteiger charge is 2.20. The second-order valence-electron chi connectivity index (χ2n) is 3.74. The molecule has 0 spiro atoms. The lowest BCUT2D eigenvalue weighted by Gasteiger charge is -2.27. The van der Waals surface area contributed by atoms with Crippen molar-refractivity contribution in [2.45, 2.75) is 25.0 Å². The van der Waals surface area contributed by atoms with Gasteiger partial charge in [-0.05, 0) is 37.1 Å². The Kier molecular flexibility index (Phi) is 3.06. The molecule has 0 bridgehead atoms. The average Bonchev–Trinajstić information content (AvgIpc) is 2.19. The van der Waals surface area contributed by atoms with E-state index in [-0.39, 0.29) is 12.1 Å². The Labute approximate surface area is 88.9 Å². The van der Waals surface area contributed by atoms with E-state index in [0.717, 1.165) is 24.4 Å². The Balaban J connectivity index is 2.10. The molecule has 14 heavy (non-hydrogen) atoms. The Morgan fingerprint density at radius 3 is 2.64 bits per heavy atom. The predicted molar refractivity (Wildman–Crippen MR) is 57.4 cm³/mol. The fourth-order valence-electron chi connectivity index (χ4n) is 1.85. The maximum atomic E-state index is 9.53. The third-order valence-corrected chi connectivity index (χ3v) is 2.90. The van der Waals surface area contributed by atoms with Gasteiger partial charge in [-0.2, -0.15) is 0 Å². The van der Waals surface area contributed by atoms with Crippen LogP contribution in [0, 0.1) is 0 Å². The van der Waals surface area contributed by atoms with E-state index in [1.165, 1.54) is 5.56 Å². The van der Waals surface area contributed by atoms with Crippen LogP contribution in [-0.2, 0) is 0 Å². The molecule has 2 N–H and O–H groups in total. The number of benzene rings is 1. The molecule has 3 heteroatoms. The van der Waals surface area contributed by atoms with Gasteiger partial charge in [-0.25, -0.2) is 0 Å². The molecule has 0 aliphatic carbocycles. The van der Waals surface area contributed by atoms with Crippen molar-refractivity contribution >= 4 is 11.6 Å². The average molecular weight is 212 g/mol. The number of rotatable bonds is 1. The van der Waals surface area contributed by atoms with E-state index in [1.807, 2.05) is 24.3 Å². The number of hydrogen-bond donors (Lipinski definition) is 2. The molecule has 1 aromatic rings. The van der Waals surface area contributed by atoms with Crippen molar-refractivity contribution in [1.29, 1.82) is 0 Å². The standard InChI is InChI=1S/C11H14ClNO/c12-9-3-1-8(2-4-9)11-7-10(14)5-6-13-11/h1-4,10-11,13-14H,5-7H2. The van der Waals surface area contributed by atoms with Crippen LogP contribution in [0.5, 0.6) is 0 Å². The SMILES string of the molecule is OC1CCNC(c2ccc(Cl)cc2)C1. The van der Waals surface area contributed by atoms with Crippen molar-refractivity contribution in [2.24, 2.45) is 0 Å². The molecule has 1 saturated heterocycles. The summed E-state index contributed by atoms with van der Waals surface area (Å²) in [5, 5.41) is 13.7. The van der Waals surface area contributed by atoms with E-state index < -0.39 is 0 Å². The Hall–Kier alpha value is -0.570. The van der Waals surface area contributed by atoms with Crippen molar-refractivity contribution < 1.29 is 5.11 Å². The zero-order valence-electron chi connectivity index (χ0n) is 7.91. The second kappa shape index (κ2) is 4.30. The van der Waals surface area contributed by atoms with Crippen molar-refractivity contribution in [3.8, 4) is 0 Å². The summed E-state index contributed by atoms with van der Waals surface area (Å²) in [4.78, 5) is 0. The van der Waals surface area contributed by atoms with E-state index in [1.54, 1.807) is 0 Å². The molecule has 1 aromatic carbocycles. The van der Waals surface area contributed by atoms with Crippen molar-refractivity contribution in [3.05, 3.63) is 34.9 Å². The quantitative estimate of drug-likeness (QED) is 0.746. The molecular weight excluding hydrogens is 198 g/mol. The smallest absolute Gasteiger partial charge is 0.0570 e. The minimum atomic E-state index is -0.170. The molecule has 2 rings (SSSR count). The van der Waals surface area contributed by atoms with Crippen LogP contribution in [0.3, 0.4) is 0 Å². The number of hydrogen-bond acceptors (Lipinski definition) is 2. The first kappa shape index (κ1) is 9.97. The number of nitrogens with one attached hydrogen (secondary N) is 1. The zero-order chi connectivity index (χ0) is 9.97. The number of halogens is 1. The van der Waals surface area contributed by atoms with Gasteiger partial charge in [0.2, 0.25) is 0 Å². The van der Waals surface area contributed by atoms with Crippen molar-refractivity contribution in [3.63, 3.8) is 0 Å². The van der Waals surface area contributed by atoms with E-state index in [4.69, 9.17) is 11.6 Å². The van der Waals surface area contributed by atoms with Crippen molar-refractivity contribution in [1.82, 2.24) is 5.32 Å². The first-order valence-corrected chi connectivity index (χ1v) is 5.30. The normalized spacial score (nSPS) is 27.6. The lowest BCUT2D eigenvalue weighted by atomic mass is 9.96. The van der Waals surface area contributed by atoms with Crippen LogP contribution in [-0.4, -0.2) is 17.8 Å². The summed E-state index contributed by atoms with van der Waals surface area (Å²) in [5.74, 6) is 0. The van der Waals surface area contributed by atoms with Crippen molar-refractivity contribution in [2.75, 3.05) is 6.54 Å². The molecule has 1 aliphatic rings.